The summed E-state index contributed by atoms with van der Waals surface area (Å²) < 4.78 is 10.5. The van der Waals surface area contributed by atoms with Gasteiger partial charge in [-0.1, -0.05) is 0 Å². The van der Waals surface area contributed by atoms with Gasteiger partial charge in [0.1, 0.15) is 5.60 Å². The molecule has 0 aromatic heterocycles. The number of fused-ring (bicyclic) bond motifs is 1. The molecule has 0 radical (unpaired) electrons. The fraction of sp³-hybridized carbons (Fsp3) is 0.455. The lowest BCUT2D eigenvalue weighted by Gasteiger charge is -2.17. The Kier molecular flexibility index (Phi) is 2.08. The van der Waals surface area contributed by atoms with Gasteiger partial charge in [-0.25, -0.2) is 0 Å². The van der Waals surface area contributed by atoms with E-state index in [0.29, 0.717) is 12.0 Å². The summed E-state index contributed by atoms with van der Waals surface area (Å²) in [5.41, 5.74) is 0.0770. The first-order chi connectivity index (χ1) is 7.37. The Morgan fingerprint density at radius 3 is 2.31 bits per heavy atom. The molecule has 1 aliphatic rings. The molecule has 0 saturated heterocycles. The molecule has 1 aliphatic heterocycles. The number of rotatable bonds is 1. The second kappa shape index (κ2) is 3.10. The summed E-state index contributed by atoms with van der Waals surface area (Å²) in [6.07, 6.45) is 0.493. The van der Waals surface area contributed by atoms with Gasteiger partial charge in [-0.15, -0.1) is 0 Å². The van der Waals surface area contributed by atoms with Crippen molar-refractivity contribution in [2.75, 3.05) is 7.11 Å². The molecule has 0 atom stereocenters. The maximum Gasteiger partial charge on any atom is 0.208 e. The number of aromatic hydroxyl groups is 3. The van der Waals surface area contributed by atoms with Gasteiger partial charge in [0.05, 0.1) is 7.11 Å². The van der Waals surface area contributed by atoms with Crippen LogP contribution in [0, 0.1) is 0 Å². The number of benzene rings is 1. The highest BCUT2D eigenvalue weighted by Crippen LogP contribution is 2.56. The maximum atomic E-state index is 9.66. The van der Waals surface area contributed by atoms with E-state index in [2.05, 4.69) is 0 Å². The molecule has 2 rings (SSSR count). The van der Waals surface area contributed by atoms with Gasteiger partial charge in [0.2, 0.25) is 17.2 Å². The van der Waals surface area contributed by atoms with Gasteiger partial charge in [-0.05, 0) is 13.8 Å². The second-order valence-corrected chi connectivity index (χ2v) is 4.43. The third kappa shape index (κ3) is 1.31. The van der Waals surface area contributed by atoms with Crippen molar-refractivity contribution in [3.63, 3.8) is 0 Å². The third-order valence-electron chi connectivity index (χ3n) is 2.61. The zero-order chi connectivity index (χ0) is 12.1. The van der Waals surface area contributed by atoms with E-state index in [1.807, 2.05) is 13.8 Å². The molecule has 0 bridgehead atoms. The highest BCUT2D eigenvalue weighted by atomic mass is 16.5. The molecule has 0 unspecified atom stereocenters. The molecule has 0 amide bonds. The van der Waals surface area contributed by atoms with Crippen LogP contribution < -0.4 is 9.47 Å². The predicted octanol–water partition coefficient (Wildman–Crippen LogP) is 1.53. The Morgan fingerprint density at radius 2 is 1.75 bits per heavy atom. The smallest absolute Gasteiger partial charge is 0.208 e. The van der Waals surface area contributed by atoms with Crippen molar-refractivity contribution in [1.29, 1.82) is 0 Å². The van der Waals surface area contributed by atoms with Crippen molar-refractivity contribution in [3.8, 4) is 28.7 Å². The van der Waals surface area contributed by atoms with E-state index in [1.54, 1.807) is 0 Å². The maximum absolute atomic E-state index is 9.66. The summed E-state index contributed by atoms with van der Waals surface area (Å²) in [6, 6.07) is 0. The first kappa shape index (κ1) is 10.7. The molecule has 88 valence electrons. The van der Waals surface area contributed by atoms with Crippen molar-refractivity contribution >= 4 is 0 Å². The number of methoxy groups -OCH3 is 1. The summed E-state index contributed by atoms with van der Waals surface area (Å²) in [7, 11) is 1.39. The van der Waals surface area contributed by atoms with E-state index in [1.165, 1.54) is 7.11 Å². The lowest BCUT2D eigenvalue weighted by atomic mass is 10.00. The molecule has 0 aliphatic carbocycles. The van der Waals surface area contributed by atoms with E-state index < -0.39 is 22.8 Å². The number of hydrogen-bond acceptors (Lipinski definition) is 5. The largest absolute Gasteiger partial charge is 0.502 e. The van der Waals surface area contributed by atoms with Crippen LogP contribution in [0.25, 0.3) is 0 Å². The normalized spacial score (nSPS) is 16.7. The molecular formula is C11H14O5. The van der Waals surface area contributed by atoms with Crippen LogP contribution >= 0.6 is 0 Å². The van der Waals surface area contributed by atoms with E-state index in [4.69, 9.17) is 9.47 Å². The standard InChI is InChI=1S/C11H14O5/c1-11(2)4-5-9(15-3)7(13)6(12)8(14)10(5)16-11/h12-14H,4H2,1-3H3. The SMILES string of the molecule is COc1c(O)c(O)c(O)c2c1CC(C)(C)O2. The van der Waals surface area contributed by atoms with Crippen molar-refractivity contribution in [2.45, 2.75) is 25.9 Å². The van der Waals surface area contributed by atoms with Gasteiger partial charge in [0.25, 0.3) is 0 Å². The quantitative estimate of drug-likeness (QED) is 0.633. The van der Waals surface area contributed by atoms with Crippen molar-refractivity contribution in [3.05, 3.63) is 5.56 Å². The van der Waals surface area contributed by atoms with Crippen LogP contribution in [0.3, 0.4) is 0 Å². The van der Waals surface area contributed by atoms with Crippen LogP contribution in [-0.2, 0) is 6.42 Å². The van der Waals surface area contributed by atoms with E-state index >= 15 is 0 Å². The van der Waals surface area contributed by atoms with Crippen LogP contribution in [0.1, 0.15) is 19.4 Å². The molecule has 16 heavy (non-hydrogen) atoms. The van der Waals surface area contributed by atoms with Crippen LogP contribution in [0.15, 0.2) is 0 Å². The van der Waals surface area contributed by atoms with Gasteiger partial charge in [0.15, 0.2) is 11.5 Å². The van der Waals surface area contributed by atoms with E-state index in [0.717, 1.165) is 0 Å². The zero-order valence-electron chi connectivity index (χ0n) is 9.37. The molecule has 0 fully saturated rings. The first-order valence-corrected chi connectivity index (χ1v) is 4.90. The molecule has 1 aromatic rings. The monoisotopic (exact) mass is 226 g/mol. The fourth-order valence-electron chi connectivity index (χ4n) is 1.94. The number of ether oxygens (including phenoxy) is 2. The molecular weight excluding hydrogens is 212 g/mol. The van der Waals surface area contributed by atoms with Gasteiger partial charge in [-0.3, -0.25) is 0 Å². The molecule has 3 N–H and O–H groups in total. The predicted molar refractivity (Wildman–Crippen MR) is 56.4 cm³/mol. The molecule has 0 spiro atoms. The summed E-state index contributed by atoms with van der Waals surface area (Å²) in [4.78, 5) is 0. The van der Waals surface area contributed by atoms with Gasteiger partial charge in [-0.2, -0.15) is 0 Å². The number of phenolic OH excluding ortho intramolecular Hbond substituents is 3. The highest BCUT2D eigenvalue weighted by Gasteiger charge is 2.38. The minimum Gasteiger partial charge on any atom is -0.502 e. The lowest BCUT2D eigenvalue weighted by Crippen LogP contribution is -2.24. The Morgan fingerprint density at radius 1 is 1.12 bits per heavy atom. The number of phenols is 3. The zero-order valence-corrected chi connectivity index (χ0v) is 9.37. The van der Waals surface area contributed by atoms with Crippen LogP contribution in [0.4, 0.5) is 0 Å². The summed E-state index contributed by atoms with van der Waals surface area (Å²) >= 11 is 0. The average molecular weight is 226 g/mol. The highest BCUT2D eigenvalue weighted by molar-refractivity contribution is 5.70. The van der Waals surface area contributed by atoms with Crippen molar-refractivity contribution in [1.82, 2.24) is 0 Å². The summed E-state index contributed by atoms with van der Waals surface area (Å²) in [6.45, 7) is 3.69. The Balaban J connectivity index is 2.70. The van der Waals surface area contributed by atoms with Crippen LogP contribution in [0.5, 0.6) is 28.7 Å². The topological polar surface area (TPSA) is 79.2 Å². The van der Waals surface area contributed by atoms with Crippen molar-refractivity contribution < 1.29 is 24.8 Å². The molecule has 5 heteroatoms. The Labute approximate surface area is 92.9 Å². The first-order valence-electron chi connectivity index (χ1n) is 4.90. The van der Waals surface area contributed by atoms with Gasteiger partial charge in [0, 0.05) is 12.0 Å². The number of hydrogen-bond donors (Lipinski definition) is 3. The molecule has 1 heterocycles. The van der Waals surface area contributed by atoms with Gasteiger partial charge < -0.3 is 24.8 Å². The fourth-order valence-corrected chi connectivity index (χ4v) is 1.94. The molecule has 5 nitrogen and oxygen atoms in total. The Hall–Kier alpha value is -1.78. The third-order valence-corrected chi connectivity index (χ3v) is 2.61. The van der Waals surface area contributed by atoms with Gasteiger partial charge >= 0.3 is 0 Å². The van der Waals surface area contributed by atoms with Crippen molar-refractivity contribution in [2.24, 2.45) is 0 Å². The minimum atomic E-state index is -0.617. The lowest BCUT2D eigenvalue weighted by molar-refractivity contribution is 0.133. The Bertz CT molecular complexity index is 450. The summed E-state index contributed by atoms with van der Waals surface area (Å²) in [5.74, 6) is -1.19. The average Bonchev–Trinajstić information content (AvgIpc) is 2.52. The summed E-state index contributed by atoms with van der Waals surface area (Å²) in [5, 5.41) is 28.8. The molecule has 0 saturated carbocycles. The van der Waals surface area contributed by atoms with Crippen LogP contribution in [0.2, 0.25) is 0 Å². The molecule has 1 aromatic carbocycles. The van der Waals surface area contributed by atoms with Crippen LogP contribution in [-0.4, -0.2) is 28.0 Å². The second-order valence-electron chi connectivity index (χ2n) is 4.43. The minimum absolute atomic E-state index is 0.149. The van der Waals surface area contributed by atoms with E-state index in [-0.39, 0.29) is 11.5 Å². The van der Waals surface area contributed by atoms with E-state index in [9.17, 15) is 15.3 Å².